The van der Waals surface area contributed by atoms with E-state index in [1.54, 1.807) is 11.3 Å². The molecule has 0 aliphatic carbocycles. The third-order valence-corrected chi connectivity index (χ3v) is 4.86. The molecule has 1 atom stereocenters. The summed E-state index contributed by atoms with van der Waals surface area (Å²) >= 11 is 5.24. The molecule has 0 bridgehead atoms. The quantitative estimate of drug-likeness (QED) is 0.710. The molecule has 4 heteroatoms. The molecule has 96 valence electrons. The molecule has 1 unspecified atom stereocenters. The highest BCUT2D eigenvalue weighted by Crippen LogP contribution is 2.28. The Balaban J connectivity index is 1.84. The van der Waals surface area contributed by atoms with E-state index in [0.29, 0.717) is 0 Å². The van der Waals surface area contributed by atoms with E-state index in [1.165, 1.54) is 4.88 Å². The molecule has 0 radical (unpaired) electrons. The van der Waals surface area contributed by atoms with Gasteiger partial charge in [-0.2, -0.15) is 0 Å². The Kier molecular flexibility index (Phi) is 3.53. The Morgan fingerprint density at radius 3 is 2.89 bits per heavy atom. The molecular formula is C15H13BrN2S. The molecule has 2 heterocycles. The Labute approximate surface area is 124 Å². The second-order valence-electron chi connectivity index (χ2n) is 4.45. The second-order valence-corrected chi connectivity index (χ2v) is 6.31. The Hall–Kier alpha value is -1.39. The molecule has 0 saturated heterocycles. The van der Waals surface area contributed by atoms with Gasteiger partial charge in [-0.05, 0) is 41.1 Å². The van der Waals surface area contributed by atoms with Gasteiger partial charge in [0.1, 0.15) is 0 Å². The Bertz CT molecular complexity index is 708. The van der Waals surface area contributed by atoms with Crippen molar-refractivity contribution in [2.45, 2.75) is 13.0 Å². The number of aromatic nitrogens is 1. The highest BCUT2D eigenvalue weighted by Gasteiger charge is 2.08. The fraction of sp³-hybridized carbons (Fsp3) is 0.133. The number of benzene rings is 1. The number of nitrogens with one attached hydrogen (secondary N) is 1. The first-order valence-corrected chi connectivity index (χ1v) is 7.75. The lowest BCUT2D eigenvalue weighted by atomic mass is 10.2. The smallest absolute Gasteiger partial charge is 0.0703 e. The summed E-state index contributed by atoms with van der Waals surface area (Å²) in [4.78, 5) is 5.77. The highest BCUT2D eigenvalue weighted by atomic mass is 79.9. The lowest BCUT2D eigenvalue weighted by molar-refractivity contribution is 0.906. The monoisotopic (exact) mass is 332 g/mol. The van der Waals surface area contributed by atoms with Gasteiger partial charge >= 0.3 is 0 Å². The van der Waals surface area contributed by atoms with E-state index < -0.39 is 0 Å². The van der Waals surface area contributed by atoms with Crippen LogP contribution in [0.4, 0.5) is 5.69 Å². The minimum Gasteiger partial charge on any atom is -0.376 e. The average Bonchev–Trinajstić information content (AvgIpc) is 2.85. The summed E-state index contributed by atoms with van der Waals surface area (Å²) in [7, 11) is 0. The van der Waals surface area contributed by atoms with Crippen LogP contribution in [0.15, 0.2) is 52.4 Å². The van der Waals surface area contributed by atoms with Gasteiger partial charge in [0.05, 0.1) is 23.4 Å². The zero-order valence-corrected chi connectivity index (χ0v) is 12.8. The molecule has 19 heavy (non-hydrogen) atoms. The number of pyridine rings is 1. The molecule has 0 saturated carbocycles. The first kappa shape index (κ1) is 12.6. The average molecular weight is 333 g/mol. The third kappa shape index (κ3) is 2.80. The molecule has 1 N–H and O–H groups in total. The van der Waals surface area contributed by atoms with E-state index in [4.69, 9.17) is 0 Å². The van der Waals surface area contributed by atoms with Gasteiger partial charge in [-0.15, -0.1) is 11.3 Å². The number of thiophene rings is 1. The lowest BCUT2D eigenvalue weighted by Crippen LogP contribution is -2.04. The van der Waals surface area contributed by atoms with Crippen molar-refractivity contribution in [1.82, 2.24) is 4.98 Å². The van der Waals surface area contributed by atoms with Gasteiger partial charge in [-0.1, -0.05) is 18.2 Å². The Morgan fingerprint density at radius 2 is 2.11 bits per heavy atom. The topological polar surface area (TPSA) is 24.9 Å². The number of rotatable bonds is 3. The predicted molar refractivity (Wildman–Crippen MR) is 85.8 cm³/mol. The predicted octanol–water partition coefficient (Wildman–Crippen LogP) is 5.23. The fourth-order valence-corrected chi connectivity index (χ4v) is 3.48. The van der Waals surface area contributed by atoms with Crippen LogP contribution in [0.1, 0.15) is 17.8 Å². The van der Waals surface area contributed by atoms with Crippen molar-refractivity contribution in [2.75, 3.05) is 5.32 Å². The van der Waals surface area contributed by atoms with E-state index in [-0.39, 0.29) is 6.04 Å². The van der Waals surface area contributed by atoms with Gasteiger partial charge in [0.2, 0.25) is 0 Å². The van der Waals surface area contributed by atoms with Crippen LogP contribution < -0.4 is 5.32 Å². The normalized spacial score (nSPS) is 12.5. The van der Waals surface area contributed by atoms with Crippen LogP contribution in [0.25, 0.3) is 10.9 Å². The molecule has 0 amide bonds. The molecular weight excluding hydrogens is 320 g/mol. The number of fused-ring (bicyclic) bond motifs is 1. The van der Waals surface area contributed by atoms with Gasteiger partial charge in [0, 0.05) is 20.1 Å². The van der Waals surface area contributed by atoms with E-state index in [9.17, 15) is 0 Å². The van der Waals surface area contributed by atoms with E-state index in [2.05, 4.69) is 56.7 Å². The maximum atomic E-state index is 4.46. The van der Waals surface area contributed by atoms with Crippen molar-refractivity contribution in [3.05, 3.63) is 57.3 Å². The SMILES string of the molecule is CC(Nc1cnc2ccccc2c1)c1cc(Br)cs1. The van der Waals surface area contributed by atoms with Crippen molar-refractivity contribution in [1.29, 1.82) is 0 Å². The lowest BCUT2D eigenvalue weighted by Gasteiger charge is -2.13. The molecule has 3 aromatic rings. The van der Waals surface area contributed by atoms with Crippen LogP contribution in [-0.2, 0) is 0 Å². The number of halogens is 1. The fourth-order valence-electron chi connectivity index (χ4n) is 2.03. The zero-order chi connectivity index (χ0) is 13.2. The molecule has 2 aromatic heterocycles. The van der Waals surface area contributed by atoms with Crippen molar-refractivity contribution >= 4 is 43.9 Å². The van der Waals surface area contributed by atoms with Gasteiger partial charge < -0.3 is 5.32 Å². The molecule has 0 spiro atoms. The van der Waals surface area contributed by atoms with Crippen LogP contribution in [0, 0.1) is 0 Å². The van der Waals surface area contributed by atoms with E-state index in [0.717, 1.165) is 21.1 Å². The standard InChI is InChI=1S/C15H13BrN2S/c1-10(15-7-12(16)9-19-15)18-13-6-11-4-2-3-5-14(11)17-8-13/h2-10,18H,1H3. The molecule has 1 aromatic carbocycles. The summed E-state index contributed by atoms with van der Waals surface area (Å²) in [6, 6.07) is 12.7. The largest absolute Gasteiger partial charge is 0.376 e. The van der Waals surface area contributed by atoms with Crippen molar-refractivity contribution in [3.8, 4) is 0 Å². The second kappa shape index (κ2) is 5.31. The number of anilines is 1. The first-order chi connectivity index (χ1) is 9.22. The van der Waals surface area contributed by atoms with E-state index in [1.807, 2.05) is 24.4 Å². The number of nitrogens with zero attached hydrogens (tertiary/aromatic N) is 1. The summed E-state index contributed by atoms with van der Waals surface area (Å²) in [5.41, 5.74) is 2.08. The van der Waals surface area contributed by atoms with E-state index >= 15 is 0 Å². The van der Waals surface area contributed by atoms with Crippen LogP contribution in [0.5, 0.6) is 0 Å². The summed E-state index contributed by atoms with van der Waals surface area (Å²) in [5, 5.41) is 6.75. The molecule has 3 rings (SSSR count). The van der Waals surface area contributed by atoms with Gasteiger partial charge in [-0.3, -0.25) is 4.98 Å². The summed E-state index contributed by atoms with van der Waals surface area (Å²) in [6.07, 6.45) is 1.89. The van der Waals surface area contributed by atoms with Crippen molar-refractivity contribution in [2.24, 2.45) is 0 Å². The van der Waals surface area contributed by atoms with Crippen molar-refractivity contribution in [3.63, 3.8) is 0 Å². The van der Waals surface area contributed by atoms with Crippen LogP contribution in [-0.4, -0.2) is 4.98 Å². The number of para-hydroxylation sites is 1. The summed E-state index contributed by atoms with van der Waals surface area (Å²) in [5.74, 6) is 0. The molecule has 2 nitrogen and oxygen atoms in total. The summed E-state index contributed by atoms with van der Waals surface area (Å²) < 4.78 is 1.14. The number of hydrogen-bond acceptors (Lipinski definition) is 3. The maximum absolute atomic E-state index is 4.46. The highest BCUT2D eigenvalue weighted by molar-refractivity contribution is 9.10. The Morgan fingerprint density at radius 1 is 1.26 bits per heavy atom. The molecule has 0 aliphatic heterocycles. The number of hydrogen-bond donors (Lipinski definition) is 1. The maximum Gasteiger partial charge on any atom is 0.0703 e. The summed E-state index contributed by atoms with van der Waals surface area (Å²) in [6.45, 7) is 2.16. The van der Waals surface area contributed by atoms with Gasteiger partial charge in [0.15, 0.2) is 0 Å². The molecule has 0 fully saturated rings. The van der Waals surface area contributed by atoms with Crippen LogP contribution >= 0.6 is 27.3 Å². The van der Waals surface area contributed by atoms with Crippen molar-refractivity contribution < 1.29 is 0 Å². The minimum absolute atomic E-state index is 0.277. The minimum atomic E-state index is 0.277. The van der Waals surface area contributed by atoms with Crippen LogP contribution in [0.3, 0.4) is 0 Å². The zero-order valence-electron chi connectivity index (χ0n) is 10.4. The third-order valence-electron chi connectivity index (χ3n) is 2.99. The van der Waals surface area contributed by atoms with Crippen LogP contribution in [0.2, 0.25) is 0 Å². The van der Waals surface area contributed by atoms with Gasteiger partial charge in [0.25, 0.3) is 0 Å². The first-order valence-electron chi connectivity index (χ1n) is 6.07. The van der Waals surface area contributed by atoms with Gasteiger partial charge in [-0.25, -0.2) is 0 Å². The molecule has 0 aliphatic rings.